The molecule has 0 atom stereocenters. The number of aryl methyl sites for hydroxylation is 1. The molecule has 1 saturated heterocycles. The molecular formula is C11H19N5O2. The number of aromatic nitrogens is 2. The third-order valence-electron chi connectivity index (χ3n) is 3.55. The monoisotopic (exact) mass is 253 g/mol. The van der Waals surface area contributed by atoms with Crippen LogP contribution >= 0.6 is 0 Å². The average Bonchev–Trinajstić information content (AvgIpc) is 2.73. The highest BCUT2D eigenvalue weighted by molar-refractivity contribution is 5.54. The van der Waals surface area contributed by atoms with E-state index in [1.807, 2.05) is 0 Å². The number of nitrogens with two attached hydrogens (primary N) is 1. The second-order valence-corrected chi connectivity index (χ2v) is 4.77. The average molecular weight is 253 g/mol. The summed E-state index contributed by atoms with van der Waals surface area (Å²) in [6.07, 6.45) is 4.62. The molecule has 0 aromatic carbocycles. The number of hydrogen-bond acceptors (Lipinski definition) is 5. The summed E-state index contributed by atoms with van der Waals surface area (Å²) in [5, 5.41) is 10.9. The molecule has 0 bridgehead atoms. The largest absolute Gasteiger partial charge is 0.406 e. The molecule has 0 spiro atoms. The van der Waals surface area contributed by atoms with Gasteiger partial charge in [-0.15, -0.1) is 0 Å². The van der Waals surface area contributed by atoms with Crippen LogP contribution in [0.2, 0.25) is 0 Å². The van der Waals surface area contributed by atoms with Crippen molar-refractivity contribution in [3.8, 4) is 0 Å². The van der Waals surface area contributed by atoms with E-state index in [9.17, 15) is 10.1 Å². The molecule has 0 unspecified atom stereocenters. The lowest BCUT2D eigenvalue weighted by Crippen LogP contribution is -2.35. The molecule has 0 saturated carbocycles. The van der Waals surface area contributed by atoms with Gasteiger partial charge in [-0.1, -0.05) is 0 Å². The van der Waals surface area contributed by atoms with Crippen LogP contribution in [-0.2, 0) is 7.05 Å². The van der Waals surface area contributed by atoms with Crippen LogP contribution in [0, 0.1) is 16.0 Å². The molecule has 1 aromatic rings. The Morgan fingerprint density at radius 2 is 2.22 bits per heavy atom. The molecule has 0 amide bonds. The third-order valence-corrected chi connectivity index (χ3v) is 3.55. The van der Waals surface area contributed by atoms with Gasteiger partial charge >= 0.3 is 5.82 Å². The number of nitrogens with zero attached hydrogens (tertiary/aromatic N) is 4. The van der Waals surface area contributed by atoms with Gasteiger partial charge in [0.1, 0.15) is 0 Å². The van der Waals surface area contributed by atoms with Gasteiger partial charge in [-0.2, -0.15) is 0 Å². The lowest BCUT2D eigenvalue weighted by Gasteiger charge is -2.32. The maximum atomic E-state index is 10.9. The quantitative estimate of drug-likeness (QED) is 0.635. The molecule has 18 heavy (non-hydrogen) atoms. The van der Waals surface area contributed by atoms with Crippen LogP contribution in [0.15, 0.2) is 6.33 Å². The number of nitro groups is 1. The molecule has 7 heteroatoms. The van der Waals surface area contributed by atoms with E-state index in [0.717, 1.165) is 38.9 Å². The molecule has 100 valence electrons. The van der Waals surface area contributed by atoms with E-state index in [0.29, 0.717) is 11.7 Å². The Hall–Kier alpha value is -1.63. The predicted molar refractivity (Wildman–Crippen MR) is 68.5 cm³/mol. The van der Waals surface area contributed by atoms with Gasteiger partial charge in [0, 0.05) is 20.1 Å². The Bertz CT molecular complexity index is 423. The van der Waals surface area contributed by atoms with Crippen LogP contribution in [0.1, 0.15) is 19.3 Å². The van der Waals surface area contributed by atoms with Gasteiger partial charge in [0.05, 0.1) is 0 Å². The zero-order valence-corrected chi connectivity index (χ0v) is 10.6. The first-order chi connectivity index (χ1) is 8.63. The maximum Gasteiger partial charge on any atom is 0.406 e. The van der Waals surface area contributed by atoms with Crippen LogP contribution in [0.3, 0.4) is 0 Å². The molecule has 1 aliphatic heterocycles. The van der Waals surface area contributed by atoms with Crippen molar-refractivity contribution in [2.45, 2.75) is 19.3 Å². The smallest absolute Gasteiger partial charge is 0.358 e. The summed E-state index contributed by atoms with van der Waals surface area (Å²) in [5.74, 6) is 1.22. The van der Waals surface area contributed by atoms with Gasteiger partial charge in [-0.3, -0.25) is 4.57 Å². The minimum Gasteiger partial charge on any atom is -0.358 e. The van der Waals surface area contributed by atoms with E-state index >= 15 is 0 Å². The van der Waals surface area contributed by atoms with Crippen molar-refractivity contribution in [2.24, 2.45) is 18.7 Å². The molecule has 0 aliphatic carbocycles. The second kappa shape index (κ2) is 5.34. The van der Waals surface area contributed by atoms with Crippen molar-refractivity contribution >= 4 is 11.6 Å². The molecule has 1 aliphatic rings. The predicted octanol–water partition coefficient (Wildman–Crippen LogP) is 0.893. The van der Waals surface area contributed by atoms with Gasteiger partial charge in [0.2, 0.25) is 12.1 Å². The molecule has 1 fully saturated rings. The van der Waals surface area contributed by atoms with Crippen LogP contribution < -0.4 is 10.6 Å². The molecule has 2 heterocycles. The van der Waals surface area contributed by atoms with E-state index in [-0.39, 0.29) is 5.82 Å². The normalized spacial score (nSPS) is 17.1. The first-order valence-corrected chi connectivity index (χ1v) is 6.24. The van der Waals surface area contributed by atoms with Gasteiger partial charge in [0.25, 0.3) is 0 Å². The van der Waals surface area contributed by atoms with Gasteiger partial charge in [-0.25, -0.2) is 0 Å². The van der Waals surface area contributed by atoms with Crippen molar-refractivity contribution in [3.63, 3.8) is 0 Å². The van der Waals surface area contributed by atoms with E-state index in [1.165, 1.54) is 6.33 Å². The summed E-state index contributed by atoms with van der Waals surface area (Å²) < 4.78 is 1.72. The van der Waals surface area contributed by atoms with Gasteiger partial charge < -0.3 is 20.7 Å². The molecule has 2 rings (SSSR count). The van der Waals surface area contributed by atoms with Crippen molar-refractivity contribution < 1.29 is 4.92 Å². The lowest BCUT2D eigenvalue weighted by molar-refractivity contribution is -0.388. The molecule has 2 N–H and O–H groups in total. The Balaban J connectivity index is 2.09. The molecule has 0 radical (unpaired) electrons. The fourth-order valence-corrected chi connectivity index (χ4v) is 2.57. The summed E-state index contributed by atoms with van der Waals surface area (Å²) >= 11 is 0. The van der Waals surface area contributed by atoms with Crippen molar-refractivity contribution in [3.05, 3.63) is 16.4 Å². The van der Waals surface area contributed by atoms with E-state index in [2.05, 4.69) is 9.88 Å². The number of imidazole rings is 1. The van der Waals surface area contributed by atoms with Crippen molar-refractivity contribution in [1.82, 2.24) is 9.55 Å². The lowest BCUT2D eigenvalue weighted by atomic mass is 9.94. The summed E-state index contributed by atoms with van der Waals surface area (Å²) in [4.78, 5) is 16.4. The van der Waals surface area contributed by atoms with Crippen molar-refractivity contribution in [1.29, 1.82) is 0 Å². The Morgan fingerprint density at radius 3 is 2.78 bits per heavy atom. The van der Waals surface area contributed by atoms with E-state index in [4.69, 9.17) is 5.73 Å². The number of anilines is 1. The zero-order chi connectivity index (χ0) is 13.1. The first kappa shape index (κ1) is 12.8. The summed E-state index contributed by atoms with van der Waals surface area (Å²) in [7, 11) is 1.79. The van der Waals surface area contributed by atoms with Gasteiger partial charge in [-0.05, 0) is 41.6 Å². The van der Waals surface area contributed by atoms with Crippen molar-refractivity contribution in [2.75, 3.05) is 24.5 Å². The summed E-state index contributed by atoms with van der Waals surface area (Å²) in [6, 6.07) is 0. The Kier molecular flexibility index (Phi) is 3.81. The minimum atomic E-state index is -0.415. The van der Waals surface area contributed by atoms with Crippen LogP contribution in [0.25, 0.3) is 0 Å². The molecule has 1 aromatic heterocycles. The third kappa shape index (κ3) is 2.45. The highest BCUT2D eigenvalue weighted by Gasteiger charge is 2.28. The van der Waals surface area contributed by atoms with E-state index in [1.54, 1.807) is 11.6 Å². The number of piperidine rings is 1. The second-order valence-electron chi connectivity index (χ2n) is 4.77. The molecule has 7 nitrogen and oxygen atoms in total. The molecular weight excluding hydrogens is 234 g/mol. The summed E-state index contributed by atoms with van der Waals surface area (Å²) in [6.45, 7) is 2.40. The fourth-order valence-electron chi connectivity index (χ4n) is 2.57. The number of rotatable bonds is 4. The highest BCUT2D eigenvalue weighted by atomic mass is 16.6. The van der Waals surface area contributed by atoms with Crippen LogP contribution in [-0.4, -0.2) is 34.1 Å². The fraction of sp³-hybridized carbons (Fsp3) is 0.727. The zero-order valence-electron chi connectivity index (χ0n) is 10.6. The van der Waals surface area contributed by atoms with Crippen LogP contribution in [0.4, 0.5) is 11.6 Å². The van der Waals surface area contributed by atoms with E-state index < -0.39 is 4.92 Å². The Labute approximate surface area is 106 Å². The Morgan fingerprint density at radius 1 is 1.56 bits per heavy atom. The standard InChI is InChI=1S/C11H19N5O2/c1-14-8-13-10(16(17)18)11(14)15-6-3-9(2-5-12)4-7-15/h8-9H,2-7,12H2,1H3. The minimum absolute atomic E-state index is 0.0465. The van der Waals surface area contributed by atoms with Crippen LogP contribution in [0.5, 0.6) is 0 Å². The first-order valence-electron chi connectivity index (χ1n) is 6.24. The summed E-state index contributed by atoms with van der Waals surface area (Å²) in [5.41, 5.74) is 5.56. The SMILES string of the molecule is Cn1cnc([N+](=O)[O-])c1N1CCC(CCN)CC1. The number of hydrogen-bond donors (Lipinski definition) is 1. The van der Waals surface area contributed by atoms with Gasteiger partial charge in [0.15, 0.2) is 0 Å². The highest BCUT2D eigenvalue weighted by Crippen LogP contribution is 2.30. The maximum absolute atomic E-state index is 10.9. The topological polar surface area (TPSA) is 90.2 Å².